The minimum Gasteiger partial charge on any atom is -0.379 e. The Kier molecular flexibility index (Phi) is 4.11. The normalized spacial score (nSPS) is 16.0. The molecule has 0 bridgehead atoms. The van der Waals surface area contributed by atoms with Gasteiger partial charge in [-0.3, -0.25) is 9.47 Å². The summed E-state index contributed by atoms with van der Waals surface area (Å²) in [7, 11) is 0. The summed E-state index contributed by atoms with van der Waals surface area (Å²) in [5.41, 5.74) is 4.14. The standard InChI is InChI=1S/C17H17BrN4O/c18-14-9-16-17(19-10-14)22(12-20-16)15-3-1-2-13(8-15)11-21-4-6-23-7-5-21/h1-3,8-10,12H,4-7,11H2. The lowest BCUT2D eigenvalue weighted by molar-refractivity contribution is 0.0342. The lowest BCUT2D eigenvalue weighted by Gasteiger charge is -2.26. The van der Waals surface area contributed by atoms with Gasteiger partial charge in [0.15, 0.2) is 5.65 Å². The molecule has 4 rings (SSSR count). The van der Waals surface area contributed by atoms with Gasteiger partial charge in [-0.25, -0.2) is 9.97 Å². The molecule has 0 radical (unpaired) electrons. The molecule has 0 spiro atoms. The molecule has 1 aliphatic rings. The summed E-state index contributed by atoms with van der Waals surface area (Å²) < 4.78 is 8.39. The van der Waals surface area contributed by atoms with E-state index < -0.39 is 0 Å². The van der Waals surface area contributed by atoms with Gasteiger partial charge in [0, 0.05) is 36.0 Å². The third kappa shape index (κ3) is 3.15. The molecular formula is C17H17BrN4O. The molecule has 0 N–H and O–H groups in total. The monoisotopic (exact) mass is 372 g/mol. The van der Waals surface area contributed by atoms with Crippen molar-refractivity contribution >= 4 is 27.1 Å². The van der Waals surface area contributed by atoms with Gasteiger partial charge in [-0.1, -0.05) is 12.1 Å². The van der Waals surface area contributed by atoms with Gasteiger partial charge in [0.1, 0.15) is 11.8 Å². The Balaban J connectivity index is 1.64. The van der Waals surface area contributed by atoms with Gasteiger partial charge >= 0.3 is 0 Å². The van der Waals surface area contributed by atoms with Crippen LogP contribution in [0.1, 0.15) is 5.56 Å². The molecule has 1 fully saturated rings. The van der Waals surface area contributed by atoms with Crippen molar-refractivity contribution in [3.63, 3.8) is 0 Å². The summed E-state index contributed by atoms with van der Waals surface area (Å²) in [6.45, 7) is 4.58. The van der Waals surface area contributed by atoms with Crippen LogP contribution in [0.4, 0.5) is 0 Å². The second kappa shape index (κ2) is 6.39. The third-order valence-corrected chi connectivity index (χ3v) is 4.49. The van der Waals surface area contributed by atoms with Gasteiger partial charge < -0.3 is 4.74 Å². The molecule has 0 amide bonds. The molecule has 2 aromatic heterocycles. The SMILES string of the molecule is Brc1cnc2c(c1)ncn2-c1cccc(CN2CCOCC2)c1. The maximum Gasteiger partial charge on any atom is 0.164 e. The number of imidazole rings is 1. The predicted octanol–water partition coefficient (Wildman–Crippen LogP) is 3.02. The van der Waals surface area contributed by atoms with Crippen LogP contribution in [0.5, 0.6) is 0 Å². The number of nitrogens with zero attached hydrogens (tertiary/aromatic N) is 4. The molecule has 1 aromatic carbocycles. The highest BCUT2D eigenvalue weighted by Gasteiger charge is 2.12. The summed E-state index contributed by atoms with van der Waals surface area (Å²) in [6.07, 6.45) is 3.63. The van der Waals surface area contributed by atoms with E-state index >= 15 is 0 Å². The quantitative estimate of drug-likeness (QED) is 0.708. The summed E-state index contributed by atoms with van der Waals surface area (Å²) >= 11 is 3.44. The van der Waals surface area contributed by atoms with E-state index in [1.165, 1.54) is 5.56 Å². The van der Waals surface area contributed by atoms with Crippen molar-refractivity contribution in [1.29, 1.82) is 0 Å². The number of ether oxygens (including phenoxy) is 1. The van der Waals surface area contributed by atoms with E-state index in [0.29, 0.717) is 0 Å². The van der Waals surface area contributed by atoms with Crippen molar-refractivity contribution < 1.29 is 4.74 Å². The van der Waals surface area contributed by atoms with E-state index in [2.05, 4.69) is 55.1 Å². The molecular weight excluding hydrogens is 356 g/mol. The largest absolute Gasteiger partial charge is 0.379 e. The van der Waals surface area contributed by atoms with Gasteiger partial charge in [-0.2, -0.15) is 0 Å². The highest BCUT2D eigenvalue weighted by atomic mass is 79.9. The first kappa shape index (κ1) is 14.8. The number of aromatic nitrogens is 3. The van der Waals surface area contributed by atoms with Crippen LogP contribution >= 0.6 is 15.9 Å². The van der Waals surface area contributed by atoms with E-state index in [9.17, 15) is 0 Å². The zero-order valence-electron chi connectivity index (χ0n) is 12.7. The maximum absolute atomic E-state index is 5.41. The Hall–Kier alpha value is -1.76. The second-order valence-corrected chi connectivity index (χ2v) is 6.58. The van der Waals surface area contributed by atoms with E-state index in [4.69, 9.17) is 4.74 Å². The molecule has 1 saturated heterocycles. The number of hydrogen-bond donors (Lipinski definition) is 0. The fourth-order valence-electron chi connectivity index (χ4n) is 2.89. The van der Waals surface area contributed by atoms with Gasteiger partial charge in [0.25, 0.3) is 0 Å². The zero-order chi connectivity index (χ0) is 15.6. The highest BCUT2D eigenvalue weighted by Crippen LogP contribution is 2.20. The summed E-state index contributed by atoms with van der Waals surface area (Å²) in [5, 5.41) is 0. The van der Waals surface area contributed by atoms with Gasteiger partial charge in [-0.15, -0.1) is 0 Å². The molecule has 5 nitrogen and oxygen atoms in total. The topological polar surface area (TPSA) is 43.2 Å². The number of pyridine rings is 1. The molecule has 0 saturated carbocycles. The van der Waals surface area contributed by atoms with Crippen molar-refractivity contribution in [3.05, 3.63) is 52.9 Å². The third-order valence-electron chi connectivity index (χ3n) is 4.05. The van der Waals surface area contributed by atoms with Crippen LogP contribution in [-0.4, -0.2) is 45.7 Å². The summed E-state index contributed by atoms with van der Waals surface area (Å²) in [6, 6.07) is 10.5. The molecule has 0 unspecified atom stereocenters. The van der Waals surface area contributed by atoms with Crippen LogP contribution in [0.25, 0.3) is 16.9 Å². The minimum absolute atomic E-state index is 0.824. The zero-order valence-corrected chi connectivity index (χ0v) is 14.2. The fraction of sp³-hybridized carbons (Fsp3) is 0.294. The van der Waals surface area contributed by atoms with Crippen LogP contribution in [0.2, 0.25) is 0 Å². The van der Waals surface area contributed by atoms with Crippen molar-refractivity contribution in [3.8, 4) is 5.69 Å². The highest BCUT2D eigenvalue weighted by molar-refractivity contribution is 9.10. The van der Waals surface area contributed by atoms with E-state index in [0.717, 1.165) is 54.2 Å². The Morgan fingerprint density at radius 3 is 2.87 bits per heavy atom. The van der Waals surface area contributed by atoms with Crippen molar-refractivity contribution in [1.82, 2.24) is 19.4 Å². The first-order valence-electron chi connectivity index (χ1n) is 7.67. The van der Waals surface area contributed by atoms with E-state index in [1.54, 1.807) is 6.20 Å². The average molecular weight is 373 g/mol. The average Bonchev–Trinajstić information content (AvgIpc) is 2.99. The van der Waals surface area contributed by atoms with Crippen LogP contribution in [0, 0.1) is 0 Å². The molecule has 0 aliphatic carbocycles. The molecule has 1 aliphatic heterocycles. The number of halogens is 1. The number of benzene rings is 1. The molecule has 118 valence electrons. The molecule has 3 heterocycles. The Morgan fingerprint density at radius 1 is 1.13 bits per heavy atom. The molecule has 23 heavy (non-hydrogen) atoms. The minimum atomic E-state index is 0.824. The van der Waals surface area contributed by atoms with Crippen LogP contribution in [-0.2, 0) is 11.3 Å². The lowest BCUT2D eigenvalue weighted by atomic mass is 10.2. The lowest BCUT2D eigenvalue weighted by Crippen LogP contribution is -2.35. The molecule has 0 atom stereocenters. The van der Waals surface area contributed by atoms with Crippen LogP contribution < -0.4 is 0 Å². The number of morpholine rings is 1. The van der Waals surface area contributed by atoms with Gasteiger partial charge in [0.2, 0.25) is 0 Å². The number of fused-ring (bicyclic) bond motifs is 1. The van der Waals surface area contributed by atoms with E-state index in [-0.39, 0.29) is 0 Å². The van der Waals surface area contributed by atoms with Gasteiger partial charge in [-0.05, 0) is 39.7 Å². The van der Waals surface area contributed by atoms with Crippen LogP contribution in [0.3, 0.4) is 0 Å². The van der Waals surface area contributed by atoms with Crippen LogP contribution in [0.15, 0.2) is 47.3 Å². The molecule has 3 aromatic rings. The molecule has 6 heteroatoms. The number of rotatable bonds is 3. The second-order valence-electron chi connectivity index (χ2n) is 5.67. The Morgan fingerprint density at radius 2 is 2.00 bits per heavy atom. The predicted molar refractivity (Wildman–Crippen MR) is 92.7 cm³/mol. The summed E-state index contributed by atoms with van der Waals surface area (Å²) in [4.78, 5) is 11.4. The van der Waals surface area contributed by atoms with E-state index in [1.807, 2.05) is 17.0 Å². The first-order chi connectivity index (χ1) is 11.3. The maximum atomic E-state index is 5.41. The Labute approximate surface area is 143 Å². The smallest absolute Gasteiger partial charge is 0.164 e. The van der Waals surface area contributed by atoms with Crippen molar-refractivity contribution in [2.45, 2.75) is 6.54 Å². The summed E-state index contributed by atoms with van der Waals surface area (Å²) in [5.74, 6) is 0. The van der Waals surface area contributed by atoms with Gasteiger partial charge in [0.05, 0.1) is 13.2 Å². The fourth-order valence-corrected chi connectivity index (χ4v) is 3.21. The number of hydrogen-bond acceptors (Lipinski definition) is 4. The van der Waals surface area contributed by atoms with Crippen molar-refractivity contribution in [2.24, 2.45) is 0 Å². The van der Waals surface area contributed by atoms with Crippen molar-refractivity contribution in [2.75, 3.05) is 26.3 Å². The first-order valence-corrected chi connectivity index (χ1v) is 8.47. The Bertz CT molecular complexity index is 826.